The molecular weight excluding hydrogens is 587 g/mol. The van der Waals surface area contributed by atoms with E-state index in [-0.39, 0.29) is 26.1 Å². The third-order valence-electron chi connectivity index (χ3n) is 8.16. The standard InChI is InChI=1S/C27H33F5N4O5S/c1-2-3-10-40-26(37)33-21-12-23(25(27(30,31)32)41-24(21)19-11-17(28)8-9-20(19)29)35-13-16-14-36(34-22(16)15-35)42(38,39)18-6-4-5-7-18/h8-9,11,14,18,21,23-25H,2-7,10,12-13,15H2,1H3,(H,33,37)/t21-,23+,24+,25-/m0/s1. The van der Waals surface area contributed by atoms with Crippen LogP contribution in [0.25, 0.3) is 0 Å². The maximum Gasteiger partial charge on any atom is 0.416 e. The molecule has 2 aliphatic heterocycles. The first-order chi connectivity index (χ1) is 19.9. The zero-order chi connectivity index (χ0) is 30.2. The summed E-state index contributed by atoms with van der Waals surface area (Å²) in [6.45, 7) is 1.83. The van der Waals surface area contributed by atoms with Gasteiger partial charge in [-0.15, -0.1) is 0 Å². The van der Waals surface area contributed by atoms with E-state index in [1.54, 1.807) is 0 Å². The maximum atomic E-state index is 14.8. The quantitative estimate of drug-likeness (QED) is 0.329. The summed E-state index contributed by atoms with van der Waals surface area (Å²) in [6.07, 6.45) is -4.89. The van der Waals surface area contributed by atoms with Gasteiger partial charge < -0.3 is 14.8 Å². The molecule has 42 heavy (non-hydrogen) atoms. The molecule has 1 aromatic heterocycles. The van der Waals surface area contributed by atoms with Gasteiger partial charge in [-0.3, -0.25) is 4.90 Å². The number of alkyl halides is 3. The molecule has 15 heteroatoms. The maximum absolute atomic E-state index is 14.8. The van der Waals surface area contributed by atoms with Crippen molar-refractivity contribution in [3.8, 4) is 0 Å². The number of hydrogen-bond donors (Lipinski definition) is 1. The number of carbonyl (C=O) groups is 1. The SMILES string of the molecule is CCCCOC(=O)N[C@H]1C[C@@H](N2Cc3cn(S(=O)(=O)C4CCCC4)nc3C2)[C@@H](C(F)(F)F)O[C@@H]1c1cc(F)ccc1F. The summed E-state index contributed by atoms with van der Waals surface area (Å²) in [5.74, 6) is -1.86. The Bertz CT molecular complexity index is 1370. The van der Waals surface area contributed by atoms with Crippen LogP contribution in [0.15, 0.2) is 24.4 Å². The van der Waals surface area contributed by atoms with Gasteiger partial charge in [0, 0.05) is 36.5 Å². The van der Waals surface area contributed by atoms with E-state index < -0.39 is 69.0 Å². The Labute approximate surface area is 240 Å². The van der Waals surface area contributed by atoms with Crippen LogP contribution in [0.2, 0.25) is 0 Å². The molecule has 3 heterocycles. The molecule has 0 spiro atoms. The van der Waals surface area contributed by atoms with Crippen LogP contribution in [0.1, 0.15) is 74.8 Å². The predicted molar refractivity (Wildman–Crippen MR) is 140 cm³/mol. The molecule has 1 aromatic carbocycles. The molecule has 1 N–H and O–H groups in total. The number of halogens is 5. The molecule has 1 saturated heterocycles. The van der Waals surface area contributed by atoms with E-state index in [1.807, 2.05) is 6.92 Å². The summed E-state index contributed by atoms with van der Waals surface area (Å²) in [6, 6.07) is -0.176. The van der Waals surface area contributed by atoms with Gasteiger partial charge in [0.25, 0.3) is 10.0 Å². The van der Waals surface area contributed by atoms with E-state index in [2.05, 4.69) is 10.4 Å². The van der Waals surface area contributed by atoms with Crippen LogP contribution in [0, 0.1) is 11.6 Å². The van der Waals surface area contributed by atoms with E-state index >= 15 is 0 Å². The Balaban J connectivity index is 1.41. The molecule has 3 aliphatic rings. The molecular formula is C27H33F5N4O5S. The van der Waals surface area contributed by atoms with Gasteiger partial charge in [0.15, 0.2) is 6.10 Å². The summed E-state index contributed by atoms with van der Waals surface area (Å²) < 4.78 is 110. The Kier molecular flexibility index (Phi) is 8.82. The first kappa shape index (κ1) is 30.7. The number of amides is 1. The lowest BCUT2D eigenvalue weighted by Gasteiger charge is -2.45. The van der Waals surface area contributed by atoms with Gasteiger partial charge in [-0.1, -0.05) is 26.2 Å². The number of benzene rings is 1. The van der Waals surface area contributed by atoms with E-state index in [4.69, 9.17) is 9.47 Å². The van der Waals surface area contributed by atoms with Crippen LogP contribution in [-0.4, -0.2) is 64.8 Å². The van der Waals surface area contributed by atoms with Crippen molar-refractivity contribution in [3.05, 3.63) is 52.9 Å². The van der Waals surface area contributed by atoms with Crippen molar-refractivity contribution in [2.45, 2.75) is 101 Å². The number of carbonyl (C=O) groups excluding carboxylic acids is 1. The van der Waals surface area contributed by atoms with Crippen LogP contribution in [-0.2, 0) is 32.6 Å². The Hall–Kier alpha value is -2.78. The third-order valence-corrected chi connectivity index (χ3v) is 10.2. The minimum Gasteiger partial charge on any atom is -0.450 e. The van der Waals surface area contributed by atoms with Gasteiger partial charge in [0.05, 0.1) is 23.6 Å². The van der Waals surface area contributed by atoms with Crippen molar-refractivity contribution in [1.29, 1.82) is 0 Å². The monoisotopic (exact) mass is 620 g/mol. The van der Waals surface area contributed by atoms with Crippen LogP contribution in [0.5, 0.6) is 0 Å². The van der Waals surface area contributed by atoms with Crippen LogP contribution < -0.4 is 5.32 Å². The fourth-order valence-electron chi connectivity index (χ4n) is 6.00. The first-order valence-corrected chi connectivity index (χ1v) is 15.5. The van der Waals surface area contributed by atoms with Gasteiger partial charge in [0.2, 0.25) is 0 Å². The van der Waals surface area contributed by atoms with Crippen molar-refractivity contribution in [2.24, 2.45) is 0 Å². The number of rotatable bonds is 8. The van der Waals surface area contributed by atoms with Crippen molar-refractivity contribution in [1.82, 2.24) is 19.4 Å². The number of hydrogen-bond acceptors (Lipinski definition) is 7. The van der Waals surface area contributed by atoms with Crippen molar-refractivity contribution < 1.29 is 44.6 Å². The lowest BCUT2D eigenvalue weighted by Crippen LogP contribution is -2.59. The molecule has 2 fully saturated rings. The molecule has 0 bridgehead atoms. The number of unbranched alkanes of at least 4 members (excludes halogenated alkanes) is 1. The lowest BCUT2D eigenvalue weighted by atomic mass is 9.88. The molecule has 232 valence electrons. The average Bonchev–Trinajstić information content (AvgIpc) is 3.67. The zero-order valence-corrected chi connectivity index (χ0v) is 23.8. The zero-order valence-electron chi connectivity index (χ0n) is 22.9. The van der Waals surface area contributed by atoms with Crippen LogP contribution >= 0.6 is 0 Å². The minimum absolute atomic E-state index is 0.0389. The van der Waals surface area contributed by atoms with Gasteiger partial charge in [-0.25, -0.2) is 22.0 Å². The largest absolute Gasteiger partial charge is 0.450 e. The predicted octanol–water partition coefficient (Wildman–Crippen LogP) is 4.95. The van der Waals surface area contributed by atoms with Crippen LogP contribution in [0.4, 0.5) is 26.7 Å². The topological polar surface area (TPSA) is 103 Å². The molecule has 1 amide bonds. The number of fused-ring (bicyclic) bond motifs is 1. The molecule has 2 aromatic rings. The third kappa shape index (κ3) is 6.27. The second-order valence-corrected chi connectivity index (χ2v) is 13.1. The molecule has 9 nitrogen and oxygen atoms in total. The number of aromatic nitrogens is 2. The van der Waals surface area contributed by atoms with E-state index in [0.29, 0.717) is 30.5 Å². The van der Waals surface area contributed by atoms with Crippen molar-refractivity contribution in [3.63, 3.8) is 0 Å². The Morgan fingerprint density at radius 2 is 1.93 bits per heavy atom. The fourth-order valence-corrected chi connectivity index (χ4v) is 7.72. The Morgan fingerprint density at radius 1 is 1.19 bits per heavy atom. The Morgan fingerprint density at radius 3 is 2.60 bits per heavy atom. The second kappa shape index (κ2) is 12.1. The van der Waals surface area contributed by atoms with E-state index in [0.717, 1.165) is 41.5 Å². The summed E-state index contributed by atoms with van der Waals surface area (Å²) in [4.78, 5) is 14.0. The number of alkyl carbamates (subject to hydrolysis) is 1. The highest BCUT2D eigenvalue weighted by molar-refractivity contribution is 7.90. The first-order valence-electron chi connectivity index (χ1n) is 14.0. The molecule has 0 unspecified atom stereocenters. The normalized spacial score (nSPS) is 25.5. The summed E-state index contributed by atoms with van der Waals surface area (Å²) in [5, 5.41) is 6.18. The number of nitrogens with one attached hydrogen (secondary N) is 1. The van der Waals surface area contributed by atoms with Crippen molar-refractivity contribution in [2.75, 3.05) is 6.61 Å². The molecule has 4 atom stereocenters. The average molecular weight is 621 g/mol. The summed E-state index contributed by atoms with van der Waals surface area (Å²) in [7, 11) is -3.72. The highest BCUT2D eigenvalue weighted by Gasteiger charge is 2.55. The van der Waals surface area contributed by atoms with Crippen molar-refractivity contribution >= 4 is 16.1 Å². The van der Waals surface area contributed by atoms with Gasteiger partial charge in [-0.2, -0.15) is 22.4 Å². The summed E-state index contributed by atoms with van der Waals surface area (Å²) >= 11 is 0. The highest BCUT2D eigenvalue weighted by atomic mass is 32.2. The van der Waals surface area contributed by atoms with Gasteiger partial charge in [0.1, 0.15) is 17.7 Å². The van der Waals surface area contributed by atoms with Gasteiger partial charge in [-0.05, 0) is 43.9 Å². The molecule has 0 radical (unpaired) electrons. The van der Waals surface area contributed by atoms with Gasteiger partial charge >= 0.3 is 12.3 Å². The lowest BCUT2D eigenvalue weighted by molar-refractivity contribution is -0.270. The molecule has 1 saturated carbocycles. The van der Waals surface area contributed by atoms with Crippen LogP contribution in [0.3, 0.4) is 0 Å². The fraction of sp³-hybridized carbons (Fsp3) is 0.630. The minimum atomic E-state index is -4.90. The highest BCUT2D eigenvalue weighted by Crippen LogP contribution is 2.43. The summed E-state index contributed by atoms with van der Waals surface area (Å²) in [5.41, 5.74) is 0.346. The molecule has 1 aliphatic carbocycles. The number of nitrogens with zero attached hydrogens (tertiary/aromatic N) is 3. The van der Waals surface area contributed by atoms with E-state index in [9.17, 15) is 35.2 Å². The number of ether oxygens (including phenoxy) is 2. The molecule has 5 rings (SSSR count). The smallest absolute Gasteiger partial charge is 0.416 e. The second-order valence-electron chi connectivity index (χ2n) is 11.1. The van der Waals surface area contributed by atoms with E-state index in [1.165, 1.54) is 11.1 Å².